The zero-order valence-electron chi connectivity index (χ0n) is 30.0. The lowest BCUT2D eigenvalue weighted by Crippen LogP contribution is -2.56. The molecule has 3 fully saturated rings. The van der Waals surface area contributed by atoms with Gasteiger partial charge in [0.1, 0.15) is 11.1 Å². The zero-order valence-corrected chi connectivity index (χ0v) is 30.0. The van der Waals surface area contributed by atoms with Gasteiger partial charge in [-0.25, -0.2) is 28.8 Å². The van der Waals surface area contributed by atoms with E-state index in [1.807, 2.05) is 0 Å². The van der Waals surface area contributed by atoms with E-state index in [4.69, 9.17) is 37.9 Å². The minimum absolute atomic E-state index is 0.149. The fourth-order valence-corrected chi connectivity index (χ4v) is 5.99. The zero-order chi connectivity index (χ0) is 39.3. The van der Waals surface area contributed by atoms with Crippen LogP contribution < -0.4 is 10.2 Å². The molecule has 16 heteroatoms. The third kappa shape index (κ3) is 7.96. The van der Waals surface area contributed by atoms with Crippen LogP contribution in [0.2, 0.25) is 0 Å². The summed E-state index contributed by atoms with van der Waals surface area (Å²) in [6.07, 6.45) is 13.2. The first-order valence-corrected chi connectivity index (χ1v) is 17.4. The molecular formula is C38H38O16-2. The van der Waals surface area contributed by atoms with Gasteiger partial charge in [-0.3, -0.25) is 0 Å². The summed E-state index contributed by atoms with van der Waals surface area (Å²) >= 11 is 0. The van der Waals surface area contributed by atoms with Crippen LogP contribution in [0, 0.1) is 0 Å². The van der Waals surface area contributed by atoms with Gasteiger partial charge in [0.15, 0.2) is 11.6 Å². The average molecular weight is 751 g/mol. The van der Waals surface area contributed by atoms with E-state index in [0.29, 0.717) is 25.7 Å². The van der Waals surface area contributed by atoms with E-state index >= 15 is 0 Å². The smallest absolute Gasteiger partial charge is 0.348 e. The molecular weight excluding hydrogens is 712 g/mol. The number of rotatable bonds is 10. The number of cyclic esters (lactones) is 2. The van der Waals surface area contributed by atoms with Crippen molar-refractivity contribution in [2.45, 2.75) is 102 Å². The van der Waals surface area contributed by atoms with Crippen molar-refractivity contribution in [1.29, 1.82) is 0 Å². The fraction of sp³-hybridized carbons (Fsp3) is 0.421. The van der Waals surface area contributed by atoms with Crippen molar-refractivity contribution in [3.05, 3.63) is 94.9 Å². The monoisotopic (exact) mass is 750 g/mol. The van der Waals surface area contributed by atoms with Crippen molar-refractivity contribution in [2.24, 2.45) is 0 Å². The van der Waals surface area contributed by atoms with E-state index in [0.717, 1.165) is 12.2 Å². The molecule has 4 heterocycles. The summed E-state index contributed by atoms with van der Waals surface area (Å²) in [6, 6.07) is 0. The third-order valence-corrected chi connectivity index (χ3v) is 9.41. The van der Waals surface area contributed by atoms with Gasteiger partial charge in [-0.1, -0.05) is 64.2 Å². The lowest BCUT2D eigenvalue weighted by molar-refractivity contribution is -0.400. The van der Waals surface area contributed by atoms with Crippen LogP contribution in [-0.2, 0) is 66.7 Å². The van der Waals surface area contributed by atoms with Gasteiger partial charge < -0.3 is 48.1 Å². The molecule has 2 saturated heterocycles. The normalized spacial score (nSPS) is 26.9. The Morgan fingerprint density at radius 3 is 1.04 bits per heavy atom. The van der Waals surface area contributed by atoms with Gasteiger partial charge in [0.05, 0.1) is 23.0 Å². The largest absolute Gasteiger partial charge is 0.574 e. The number of hydrogen-bond donors (Lipinski definition) is 0. The first kappa shape index (κ1) is 39.2. The molecule has 0 radical (unpaired) electrons. The van der Waals surface area contributed by atoms with Gasteiger partial charge in [-0.05, 0) is 50.0 Å². The highest BCUT2D eigenvalue weighted by Crippen LogP contribution is 2.45. The predicted molar refractivity (Wildman–Crippen MR) is 176 cm³/mol. The second-order valence-electron chi connectivity index (χ2n) is 12.6. The van der Waals surface area contributed by atoms with E-state index in [1.54, 1.807) is 27.7 Å². The number of allylic oxidation sites excluding steroid dienone is 8. The Kier molecular flexibility index (Phi) is 11.2. The van der Waals surface area contributed by atoms with Crippen LogP contribution in [0.3, 0.4) is 0 Å². The Labute approximate surface area is 309 Å². The summed E-state index contributed by atoms with van der Waals surface area (Å²) < 4.78 is 43.1. The van der Waals surface area contributed by atoms with Crippen molar-refractivity contribution < 1.29 is 76.9 Å². The summed E-state index contributed by atoms with van der Waals surface area (Å²) in [5.41, 5.74) is -1.50. The molecule has 4 aliphatic heterocycles. The molecule has 288 valence electrons. The van der Waals surface area contributed by atoms with Crippen LogP contribution in [0.5, 0.6) is 0 Å². The molecule has 0 aromatic heterocycles. The van der Waals surface area contributed by atoms with E-state index in [1.165, 1.54) is 48.6 Å². The minimum Gasteiger partial charge on any atom is -0.574 e. The van der Waals surface area contributed by atoms with Crippen LogP contribution in [0.4, 0.5) is 0 Å². The van der Waals surface area contributed by atoms with Crippen molar-refractivity contribution in [3.8, 4) is 0 Å². The van der Waals surface area contributed by atoms with Crippen LogP contribution in [0.15, 0.2) is 94.9 Å². The third-order valence-electron chi connectivity index (χ3n) is 9.41. The Morgan fingerprint density at radius 1 is 0.444 bits per heavy atom. The first-order chi connectivity index (χ1) is 25.7. The molecule has 0 N–H and O–H groups in total. The van der Waals surface area contributed by atoms with Crippen LogP contribution in [0.25, 0.3) is 0 Å². The Balaban J connectivity index is 1.14. The second-order valence-corrected chi connectivity index (χ2v) is 12.6. The van der Waals surface area contributed by atoms with Gasteiger partial charge >= 0.3 is 35.8 Å². The lowest BCUT2D eigenvalue weighted by atomic mass is 9.87. The summed E-state index contributed by atoms with van der Waals surface area (Å²) in [6.45, 7) is 6.89. The first-order valence-electron chi connectivity index (χ1n) is 17.4. The van der Waals surface area contributed by atoms with Gasteiger partial charge in [-0.15, -0.1) is 0 Å². The SMILES string of the molecule is CCC1(CC)OC(=O)C(/C=C/C=C/C=C2C(=O)OC3(CCC4(CC3)OC(=O)C(=C/C=C/C=C/C3=C([O-])OC(CC)(CC)OC3=O)C(=O)O4)OC2=O)=C([O-])O1. The molecule has 0 atom stereocenters. The molecule has 0 unspecified atom stereocenters. The van der Waals surface area contributed by atoms with E-state index < -0.39 is 82.0 Å². The topological polar surface area (TPSA) is 222 Å². The Hall–Kier alpha value is -6.06. The highest BCUT2D eigenvalue weighted by atomic mass is 16.8. The van der Waals surface area contributed by atoms with Gasteiger partial charge in [0.2, 0.25) is 0 Å². The maximum Gasteiger partial charge on any atom is 0.348 e. The van der Waals surface area contributed by atoms with Gasteiger partial charge in [0, 0.05) is 25.7 Å². The molecule has 0 amide bonds. The van der Waals surface area contributed by atoms with Crippen molar-refractivity contribution in [3.63, 3.8) is 0 Å². The molecule has 0 aromatic rings. The maximum atomic E-state index is 12.8. The molecule has 54 heavy (non-hydrogen) atoms. The Morgan fingerprint density at radius 2 is 0.759 bits per heavy atom. The number of esters is 6. The number of ether oxygens (including phenoxy) is 8. The van der Waals surface area contributed by atoms with Crippen LogP contribution >= 0.6 is 0 Å². The summed E-state index contributed by atoms with van der Waals surface area (Å²) in [5, 5.41) is 24.6. The summed E-state index contributed by atoms with van der Waals surface area (Å²) in [7, 11) is 0. The van der Waals surface area contributed by atoms with Crippen molar-refractivity contribution in [2.75, 3.05) is 0 Å². The van der Waals surface area contributed by atoms with E-state index in [2.05, 4.69) is 0 Å². The highest BCUT2D eigenvalue weighted by Gasteiger charge is 2.56. The average Bonchev–Trinajstić information content (AvgIpc) is 3.13. The summed E-state index contributed by atoms with van der Waals surface area (Å²) in [5.74, 6) is -13.2. The summed E-state index contributed by atoms with van der Waals surface area (Å²) in [4.78, 5) is 75.9. The van der Waals surface area contributed by atoms with Crippen molar-refractivity contribution in [1.82, 2.24) is 0 Å². The molecule has 0 bridgehead atoms. The molecule has 1 aliphatic carbocycles. The second kappa shape index (κ2) is 15.5. The molecule has 1 saturated carbocycles. The molecule has 5 rings (SSSR count). The number of carbonyl (C=O) groups is 6. The number of hydrogen-bond acceptors (Lipinski definition) is 16. The number of carbonyl (C=O) groups excluding carboxylic acids is 6. The lowest BCUT2D eigenvalue weighted by Gasteiger charge is -2.45. The van der Waals surface area contributed by atoms with E-state index in [9.17, 15) is 39.0 Å². The van der Waals surface area contributed by atoms with Gasteiger partial charge in [0.25, 0.3) is 11.6 Å². The van der Waals surface area contributed by atoms with E-state index in [-0.39, 0.29) is 36.8 Å². The quantitative estimate of drug-likeness (QED) is 0.103. The predicted octanol–water partition coefficient (Wildman–Crippen LogP) is 2.55. The van der Waals surface area contributed by atoms with Crippen molar-refractivity contribution >= 4 is 35.8 Å². The Bertz CT molecular complexity index is 1670. The standard InChI is InChI=1S/C38H40O16/c1-5-35(6-2)47-27(39)23(28(40)48-35)15-11-9-13-17-25-31(43)51-37(52-32(25)44)19-21-38(22-20-37)53-33(45)26(34(46)54-38)18-14-10-12-16-24-29(41)49-36(7-3,8-4)50-30(24)42/h9-18,39,41H,5-8,19-22H2,1-4H3/p-2/b13-9+,14-10+,15-11+,16-12+,25-17?,26-18?. The molecule has 16 nitrogen and oxygen atoms in total. The minimum atomic E-state index is -1.68. The van der Waals surface area contributed by atoms with Crippen LogP contribution in [0.1, 0.15) is 79.1 Å². The molecule has 5 aliphatic rings. The van der Waals surface area contributed by atoms with Crippen LogP contribution in [-0.4, -0.2) is 59.0 Å². The highest BCUT2D eigenvalue weighted by molar-refractivity contribution is 6.16. The van der Waals surface area contributed by atoms with Gasteiger partial charge in [-0.2, -0.15) is 0 Å². The molecule has 0 aromatic carbocycles. The maximum absolute atomic E-state index is 12.8. The fourth-order valence-electron chi connectivity index (χ4n) is 5.99. The molecule has 2 spiro atoms.